The molecule has 26 heavy (non-hydrogen) atoms. The van der Waals surface area contributed by atoms with Gasteiger partial charge in [-0.3, -0.25) is 4.90 Å². The van der Waals surface area contributed by atoms with Gasteiger partial charge in [-0.05, 0) is 42.0 Å². The lowest BCUT2D eigenvalue weighted by atomic mass is 10.2. The average molecular weight is 359 g/mol. The molecule has 0 aromatic heterocycles. The molecule has 0 amide bonds. The molecule has 3 aromatic rings. The van der Waals surface area contributed by atoms with Crippen molar-refractivity contribution in [1.29, 1.82) is 0 Å². The molecule has 3 aromatic carbocycles. The second-order valence-electron chi connectivity index (χ2n) is 6.41. The maximum atomic E-state index is 5.86. The predicted molar refractivity (Wildman–Crippen MR) is 112 cm³/mol. The number of thiocarbonyl (C=S) groups is 1. The van der Waals surface area contributed by atoms with E-state index >= 15 is 0 Å². The summed E-state index contributed by atoms with van der Waals surface area (Å²) in [4.78, 5) is 6.81. The molecular formula is C22H21N3S. The van der Waals surface area contributed by atoms with Gasteiger partial charge < -0.3 is 9.80 Å². The third-order valence-electron chi connectivity index (χ3n) is 4.53. The van der Waals surface area contributed by atoms with E-state index in [2.05, 4.69) is 93.6 Å². The molecule has 4 heteroatoms. The first-order valence-electron chi connectivity index (χ1n) is 8.77. The average Bonchev–Trinajstić information content (AvgIpc) is 2.71. The van der Waals surface area contributed by atoms with Gasteiger partial charge in [0.05, 0.1) is 13.3 Å². The fraction of sp³-hybridized carbons (Fsp3) is 0.136. The highest BCUT2D eigenvalue weighted by atomic mass is 32.1. The maximum absolute atomic E-state index is 5.86. The first-order valence-corrected chi connectivity index (χ1v) is 9.17. The molecule has 4 rings (SSSR count). The Hall–Kier alpha value is -2.69. The molecule has 1 heterocycles. The summed E-state index contributed by atoms with van der Waals surface area (Å²) in [5, 5.41) is 0.840. The zero-order valence-electron chi connectivity index (χ0n) is 14.5. The molecule has 3 nitrogen and oxygen atoms in total. The van der Waals surface area contributed by atoms with Crippen LogP contribution in [-0.4, -0.2) is 23.3 Å². The molecule has 0 bridgehead atoms. The van der Waals surface area contributed by atoms with E-state index < -0.39 is 0 Å². The summed E-state index contributed by atoms with van der Waals surface area (Å²) in [7, 11) is 0. The molecule has 0 aliphatic carbocycles. The Kier molecular flexibility index (Phi) is 4.95. The summed E-state index contributed by atoms with van der Waals surface area (Å²) in [6, 6.07) is 31.3. The summed E-state index contributed by atoms with van der Waals surface area (Å²) in [6.07, 6.45) is 0. The van der Waals surface area contributed by atoms with Crippen molar-refractivity contribution in [2.24, 2.45) is 0 Å². The van der Waals surface area contributed by atoms with Gasteiger partial charge in [0.2, 0.25) is 0 Å². The smallest absolute Gasteiger partial charge is 0.182 e. The van der Waals surface area contributed by atoms with Crippen molar-refractivity contribution < 1.29 is 0 Å². The normalized spacial score (nSPS) is 15.3. The number of nitrogens with zero attached hydrogens (tertiary/aromatic N) is 3. The molecular weight excluding hydrogens is 338 g/mol. The van der Waals surface area contributed by atoms with Crippen molar-refractivity contribution in [3.8, 4) is 0 Å². The molecule has 1 fully saturated rings. The summed E-state index contributed by atoms with van der Waals surface area (Å²) in [6.45, 7) is 2.44. The zero-order valence-corrected chi connectivity index (χ0v) is 15.3. The highest BCUT2D eigenvalue weighted by Gasteiger charge is 2.29. The van der Waals surface area contributed by atoms with Gasteiger partial charge in [0.25, 0.3) is 0 Å². The fourth-order valence-electron chi connectivity index (χ4n) is 3.25. The van der Waals surface area contributed by atoms with Gasteiger partial charge >= 0.3 is 0 Å². The number of benzene rings is 3. The van der Waals surface area contributed by atoms with Gasteiger partial charge in [-0.2, -0.15) is 0 Å². The van der Waals surface area contributed by atoms with E-state index in [4.69, 9.17) is 12.2 Å². The van der Waals surface area contributed by atoms with E-state index in [1.807, 2.05) is 12.1 Å². The van der Waals surface area contributed by atoms with Crippen LogP contribution >= 0.6 is 12.2 Å². The van der Waals surface area contributed by atoms with Gasteiger partial charge in [-0.25, -0.2) is 0 Å². The Labute approximate surface area is 160 Å². The Morgan fingerprint density at radius 1 is 0.615 bits per heavy atom. The van der Waals surface area contributed by atoms with E-state index in [-0.39, 0.29) is 0 Å². The van der Waals surface area contributed by atoms with Gasteiger partial charge in [0.15, 0.2) is 5.11 Å². The van der Waals surface area contributed by atoms with E-state index in [1.165, 1.54) is 5.56 Å². The topological polar surface area (TPSA) is 9.72 Å². The van der Waals surface area contributed by atoms with Crippen LogP contribution in [0.1, 0.15) is 5.56 Å². The lowest BCUT2D eigenvalue weighted by Gasteiger charge is -2.44. The van der Waals surface area contributed by atoms with Crippen LogP contribution in [0.3, 0.4) is 0 Å². The summed E-state index contributed by atoms with van der Waals surface area (Å²) >= 11 is 5.86. The number of rotatable bonds is 4. The molecule has 0 atom stereocenters. The van der Waals surface area contributed by atoms with Crippen LogP contribution in [0.5, 0.6) is 0 Å². The Balaban J connectivity index is 1.65. The quantitative estimate of drug-likeness (QED) is 0.624. The highest BCUT2D eigenvalue weighted by molar-refractivity contribution is 7.80. The Bertz CT molecular complexity index is 801. The Morgan fingerprint density at radius 3 is 1.50 bits per heavy atom. The summed E-state index contributed by atoms with van der Waals surface area (Å²) < 4.78 is 0. The molecule has 130 valence electrons. The first kappa shape index (κ1) is 16.8. The molecule has 0 N–H and O–H groups in total. The second-order valence-corrected chi connectivity index (χ2v) is 6.77. The molecule has 0 radical (unpaired) electrons. The predicted octanol–water partition coefficient (Wildman–Crippen LogP) is 4.72. The molecule has 0 saturated carbocycles. The van der Waals surface area contributed by atoms with Crippen molar-refractivity contribution >= 4 is 28.7 Å². The zero-order chi connectivity index (χ0) is 17.8. The largest absolute Gasteiger partial charge is 0.305 e. The third kappa shape index (κ3) is 3.62. The van der Waals surface area contributed by atoms with Crippen LogP contribution < -0.4 is 9.80 Å². The van der Waals surface area contributed by atoms with Crippen molar-refractivity contribution in [1.82, 2.24) is 4.90 Å². The van der Waals surface area contributed by atoms with E-state index in [1.54, 1.807) is 0 Å². The van der Waals surface area contributed by atoms with Crippen LogP contribution in [0.2, 0.25) is 0 Å². The molecule has 0 unspecified atom stereocenters. The first-order chi connectivity index (χ1) is 12.8. The van der Waals surface area contributed by atoms with Gasteiger partial charge in [0.1, 0.15) is 0 Å². The summed E-state index contributed by atoms with van der Waals surface area (Å²) in [5.74, 6) is 0. The standard InChI is InChI=1S/C22H21N3S/c26-22-24(20-12-6-2-7-13-20)17-23(16-19-10-4-1-5-11-19)18-25(22)21-14-8-3-9-15-21/h1-15H,16-18H2. The number of hydrogen-bond donors (Lipinski definition) is 0. The number of anilines is 2. The van der Waals surface area contributed by atoms with Crippen molar-refractivity contribution in [2.75, 3.05) is 23.1 Å². The summed E-state index contributed by atoms with van der Waals surface area (Å²) in [5.41, 5.74) is 3.55. The fourth-order valence-corrected chi connectivity index (χ4v) is 3.58. The molecule has 0 spiro atoms. The minimum absolute atomic E-state index is 0.779. The van der Waals surface area contributed by atoms with Gasteiger partial charge in [-0.1, -0.05) is 66.7 Å². The monoisotopic (exact) mass is 359 g/mol. The van der Waals surface area contributed by atoms with E-state index in [9.17, 15) is 0 Å². The van der Waals surface area contributed by atoms with Crippen LogP contribution in [0.4, 0.5) is 11.4 Å². The van der Waals surface area contributed by atoms with Crippen LogP contribution in [0.25, 0.3) is 0 Å². The molecule has 1 saturated heterocycles. The third-order valence-corrected chi connectivity index (χ3v) is 4.97. The molecule has 1 aliphatic heterocycles. The van der Waals surface area contributed by atoms with E-state index in [0.29, 0.717) is 0 Å². The minimum Gasteiger partial charge on any atom is -0.305 e. The number of hydrogen-bond acceptors (Lipinski definition) is 2. The van der Waals surface area contributed by atoms with Crippen LogP contribution in [0, 0.1) is 0 Å². The van der Waals surface area contributed by atoms with Gasteiger partial charge in [-0.15, -0.1) is 0 Å². The maximum Gasteiger partial charge on any atom is 0.182 e. The van der Waals surface area contributed by atoms with Crippen molar-refractivity contribution in [2.45, 2.75) is 6.54 Å². The highest BCUT2D eigenvalue weighted by Crippen LogP contribution is 2.25. The molecule has 1 aliphatic rings. The number of para-hydroxylation sites is 2. The SMILES string of the molecule is S=C1N(c2ccccc2)CN(Cc2ccccc2)CN1c1ccccc1. The minimum atomic E-state index is 0.779. The lowest BCUT2D eigenvalue weighted by Crippen LogP contribution is -2.58. The van der Waals surface area contributed by atoms with Crippen molar-refractivity contribution in [3.05, 3.63) is 96.6 Å². The Morgan fingerprint density at radius 2 is 1.04 bits per heavy atom. The van der Waals surface area contributed by atoms with Crippen LogP contribution in [-0.2, 0) is 6.54 Å². The van der Waals surface area contributed by atoms with Crippen molar-refractivity contribution in [3.63, 3.8) is 0 Å². The van der Waals surface area contributed by atoms with E-state index in [0.717, 1.165) is 36.4 Å². The van der Waals surface area contributed by atoms with Crippen LogP contribution in [0.15, 0.2) is 91.0 Å². The lowest BCUT2D eigenvalue weighted by molar-refractivity contribution is 0.269. The van der Waals surface area contributed by atoms with Gasteiger partial charge in [0, 0.05) is 17.9 Å². The second kappa shape index (κ2) is 7.68.